The van der Waals surface area contributed by atoms with Crippen LogP contribution in [-0.2, 0) is 6.54 Å². The monoisotopic (exact) mass is 354 g/mol. The summed E-state index contributed by atoms with van der Waals surface area (Å²) in [5.74, 6) is 1.87. The molecule has 1 aliphatic heterocycles. The summed E-state index contributed by atoms with van der Waals surface area (Å²) in [5.41, 5.74) is 1.66. The van der Waals surface area contributed by atoms with Crippen LogP contribution in [0.25, 0.3) is 0 Å². The molecule has 1 aliphatic rings. The lowest BCUT2D eigenvalue weighted by atomic mass is 10.1. The standard InChI is InChI=1S/C20H26N4O2/c1-15(2)19-21-9-8-16(22-19)14-23-10-12-24(13-11-23)20(25)17-6-4-5-7-18(17)26-3/h4-9,15H,10-14H2,1-3H3. The fraction of sp³-hybridized carbons (Fsp3) is 0.450. The van der Waals surface area contributed by atoms with Crippen LogP contribution < -0.4 is 4.74 Å². The van der Waals surface area contributed by atoms with Crippen LogP contribution in [0.1, 0.15) is 41.6 Å². The highest BCUT2D eigenvalue weighted by molar-refractivity contribution is 5.97. The quantitative estimate of drug-likeness (QED) is 0.826. The number of hydrogen-bond donors (Lipinski definition) is 0. The maximum atomic E-state index is 12.8. The van der Waals surface area contributed by atoms with E-state index in [1.54, 1.807) is 7.11 Å². The molecule has 2 heterocycles. The van der Waals surface area contributed by atoms with Crippen molar-refractivity contribution in [3.05, 3.63) is 53.6 Å². The maximum Gasteiger partial charge on any atom is 0.257 e. The van der Waals surface area contributed by atoms with Gasteiger partial charge in [0.15, 0.2) is 0 Å². The largest absolute Gasteiger partial charge is 0.496 e. The molecule has 0 bridgehead atoms. The molecule has 1 aromatic heterocycles. The number of amides is 1. The molecule has 0 radical (unpaired) electrons. The third-order valence-electron chi connectivity index (χ3n) is 4.63. The van der Waals surface area contributed by atoms with E-state index in [1.807, 2.05) is 41.4 Å². The smallest absolute Gasteiger partial charge is 0.257 e. The normalized spacial score (nSPS) is 15.3. The van der Waals surface area contributed by atoms with Crippen molar-refractivity contribution in [1.82, 2.24) is 19.8 Å². The number of piperazine rings is 1. The molecule has 0 N–H and O–H groups in total. The molecule has 1 amide bonds. The number of carbonyl (C=O) groups is 1. The Bertz CT molecular complexity index is 755. The summed E-state index contributed by atoms with van der Waals surface area (Å²) in [5, 5.41) is 0. The van der Waals surface area contributed by atoms with Crippen molar-refractivity contribution in [2.75, 3.05) is 33.3 Å². The topological polar surface area (TPSA) is 58.6 Å². The van der Waals surface area contributed by atoms with E-state index in [0.717, 1.165) is 31.2 Å². The molecule has 0 saturated carbocycles. The minimum absolute atomic E-state index is 0.0335. The van der Waals surface area contributed by atoms with Crippen molar-refractivity contribution in [1.29, 1.82) is 0 Å². The van der Waals surface area contributed by atoms with Gasteiger partial charge >= 0.3 is 0 Å². The lowest BCUT2D eigenvalue weighted by Crippen LogP contribution is -2.48. The van der Waals surface area contributed by atoms with E-state index in [2.05, 4.69) is 28.7 Å². The van der Waals surface area contributed by atoms with E-state index >= 15 is 0 Å². The second-order valence-corrected chi connectivity index (χ2v) is 6.83. The molecule has 0 spiro atoms. The second kappa shape index (κ2) is 8.27. The van der Waals surface area contributed by atoms with Crippen LogP contribution in [0.4, 0.5) is 0 Å². The Kier molecular flexibility index (Phi) is 5.83. The predicted molar refractivity (Wildman–Crippen MR) is 100 cm³/mol. The summed E-state index contributed by atoms with van der Waals surface area (Å²) < 4.78 is 5.32. The molecule has 2 aromatic rings. The van der Waals surface area contributed by atoms with E-state index in [1.165, 1.54) is 0 Å². The average Bonchev–Trinajstić information content (AvgIpc) is 2.68. The molecule has 1 fully saturated rings. The predicted octanol–water partition coefficient (Wildman–Crippen LogP) is 2.57. The van der Waals surface area contributed by atoms with E-state index in [0.29, 0.717) is 30.3 Å². The summed E-state index contributed by atoms with van der Waals surface area (Å²) in [6, 6.07) is 9.36. The first kappa shape index (κ1) is 18.3. The van der Waals surface area contributed by atoms with Gasteiger partial charge in [-0.3, -0.25) is 9.69 Å². The van der Waals surface area contributed by atoms with Gasteiger partial charge in [0, 0.05) is 44.8 Å². The molecule has 1 saturated heterocycles. The highest BCUT2D eigenvalue weighted by Gasteiger charge is 2.24. The Morgan fingerprint density at radius 2 is 1.88 bits per heavy atom. The molecule has 1 aromatic carbocycles. The molecule has 3 rings (SSSR count). The van der Waals surface area contributed by atoms with Crippen LogP contribution in [0.5, 0.6) is 5.75 Å². The number of methoxy groups -OCH3 is 1. The van der Waals surface area contributed by atoms with E-state index in [-0.39, 0.29) is 5.91 Å². The number of ether oxygens (including phenoxy) is 1. The van der Waals surface area contributed by atoms with Crippen LogP contribution >= 0.6 is 0 Å². The average molecular weight is 354 g/mol. The van der Waals surface area contributed by atoms with Crippen molar-refractivity contribution >= 4 is 5.91 Å². The van der Waals surface area contributed by atoms with Crippen molar-refractivity contribution in [3.63, 3.8) is 0 Å². The van der Waals surface area contributed by atoms with Crippen molar-refractivity contribution < 1.29 is 9.53 Å². The van der Waals surface area contributed by atoms with Gasteiger partial charge in [-0.15, -0.1) is 0 Å². The van der Waals surface area contributed by atoms with Gasteiger partial charge in [0.1, 0.15) is 11.6 Å². The first-order valence-electron chi connectivity index (χ1n) is 9.05. The minimum Gasteiger partial charge on any atom is -0.496 e. The molecular weight excluding hydrogens is 328 g/mol. The van der Waals surface area contributed by atoms with E-state index < -0.39 is 0 Å². The highest BCUT2D eigenvalue weighted by atomic mass is 16.5. The second-order valence-electron chi connectivity index (χ2n) is 6.83. The van der Waals surface area contributed by atoms with Crippen molar-refractivity contribution in [2.24, 2.45) is 0 Å². The summed E-state index contributed by atoms with van der Waals surface area (Å²) in [6.07, 6.45) is 1.83. The SMILES string of the molecule is COc1ccccc1C(=O)N1CCN(Cc2ccnc(C(C)C)n2)CC1. The van der Waals surface area contributed by atoms with Gasteiger partial charge in [0.25, 0.3) is 5.91 Å². The minimum atomic E-state index is 0.0335. The van der Waals surface area contributed by atoms with Gasteiger partial charge in [-0.05, 0) is 18.2 Å². The van der Waals surface area contributed by atoms with Crippen LogP contribution in [0.2, 0.25) is 0 Å². The molecule has 6 heteroatoms. The number of aromatic nitrogens is 2. The molecule has 0 aliphatic carbocycles. The van der Waals surface area contributed by atoms with Gasteiger partial charge in [0.05, 0.1) is 18.4 Å². The third kappa shape index (κ3) is 4.19. The number of carbonyl (C=O) groups excluding carboxylic acids is 1. The Labute approximate surface area is 154 Å². The first-order valence-corrected chi connectivity index (χ1v) is 9.05. The van der Waals surface area contributed by atoms with Crippen molar-refractivity contribution in [3.8, 4) is 5.75 Å². The Hall–Kier alpha value is -2.47. The Morgan fingerprint density at radius 1 is 1.15 bits per heavy atom. The summed E-state index contributed by atoms with van der Waals surface area (Å²) in [6.45, 7) is 8.07. The number of hydrogen-bond acceptors (Lipinski definition) is 5. The number of benzene rings is 1. The van der Waals surface area contributed by atoms with E-state index in [9.17, 15) is 4.79 Å². The van der Waals surface area contributed by atoms with Gasteiger partial charge in [-0.25, -0.2) is 9.97 Å². The van der Waals surface area contributed by atoms with Crippen molar-refractivity contribution in [2.45, 2.75) is 26.3 Å². The molecule has 0 unspecified atom stereocenters. The fourth-order valence-electron chi connectivity index (χ4n) is 3.11. The van der Waals surface area contributed by atoms with Crippen LogP contribution in [0, 0.1) is 0 Å². The molecule has 138 valence electrons. The number of rotatable bonds is 5. The number of nitrogens with zero attached hydrogens (tertiary/aromatic N) is 4. The summed E-state index contributed by atoms with van der Waals surface area (Å²) in [7, 11) is 1.59. The third-order valence-corrected chi connectivity index (χ3v) is 4.63. The fourth-order valence-corrected chi connectivity index (χ4v) is 3.11. The zero-order chi connectivity index (χ0) is 18.5. The molecule has 6 nitrogen and oxygen atoms in total. The Morgan fingerprint density at radius 3 is 2.58 bits per heavy atom. The van der Waals surface area contributed by atoms with Gasteiger partial charge < -0.3 is 9.64 Å². The van der Waals surface area contributed by atoms with Gasteiger partial charge in [-0.1, -0.05) is 26.0 Å². The summed E-state index contributed by atoms with van der Waals surface area (Å²) >= 11 is 0. The molecule has 26 heavy (non-hydrogen) atoms. The molecule has 0 atom stereocenters. The summed E-state index contributed by atoms with van der Waals surface area (Å²) in [4.78, 5) is 26.0. The van der Waals surface area contributed by atoms with Crippen LogP contribution in [-0.4, -0.2) is 59.0 Å². The lowest BCUT2D eigenvalue weighted by molar-refractivity contribution is 0.0623. The van der Waals surface area contributed by atoms with Crippen LogP contribution in [0.3, 0.4) is 0 Å². The van der Waals surface area contributed by atoms with Crippen LogP contribution in [0.15, 0.2) is 36.5 Å². The van der Waals surface area contributed by atoms with E-state index in [4.69, 9.17) is 4.74 Å². The highest BCUT2D eigenvalue weighted by Crippen LogP contribution is 2.20. The van der Waals surface area contributed by atoms with Gasteiger partial charge in [-0.2, -0.15) is 0 Å². The zero-order valence-corrected chi connectivity index (χ0v) is 15.7. The van der Waals surface area contributed by atoms with Gasteiger partial charge in [0.2, 0.25) is 0 Å². The molecular formula is C20H26N4O2. The Balaban J connectivity index is 1.59. The maximum absolute atomic E-state index is 12.8. The number of para-hydroxylation sites is 1. The lowest BCUT2D eigenvalue weighted by Gasteiger charge is -2.34. The zero-order valence-electron chi connectivity index (χ0n) is 15.7. The first-order chi connectivity index (χ1) is 12.6.